The maximum atomic E-state index is 12.4. The lowest BCUT2D eigenvalue weighted by Gasteiger charge is -2.30. The summed E-state index contributed by atoms with van der Waals surface area (Å²) in [6.45, 7) is 3.02. The zero-order valence-electron chi connectivity index (χ0n) is 18.1. The third-order valence-electron chi connectivity index (χ3n) is 5.58. The average molecular weight is 573 g/mol. The van der Waals surface area contributed by atoms with Crippen molar-refractivity contribution in [1.29, 1.82) is 0 Å². The van der Waals surface area contributed by atoms with Crippen LogP contribution in [0.2, 0.25) is 5.02 Å². The summed E-state index contributed by atoms with van der Waals surface area (Å²) in [4.78, 5) is 21.5. The highest BCUT2D eigenvalue weighted by molar-refractivity contribution is 14.0. The summed E-state index contributed by atoms with van der Waals surface area (Å²) in [6.07, 6.45) is 6.07. The summed E-state index contributed by atoms with van der Waals surface area (Å²) in [5.74, 6) is 1.89. The van der Waals surface area contributed by atoms with Crippen molar-refractivity contribution in [1.82, 2.24) is 26.1 Å². The van der Waals surface area contributed by atoms with Crippen LogP contribution in [-0.2, 0) is 11.3 Å². The van der Waals surface area contributed by atoms with E-state index in [2.05, 4.69) is 31.1 Å². The highest BCUT2D eigenvalue weighted by atomic mass is 127. The third-order valence-corrected chi connectivity index (χ3v) is 5.81. The van der Waals surface area contributed by atoms with Crippen LogP contribution in [0.25, 0.3) is 11.4 Å². The Bertz CT molecular complexity index is 933. The van der Waals surface area contributed by atoms with E-state index in [0.29, 0.717) is 28.7 Å². The number of nitrogens with zero attached hydrogens (tertiary/aromatic N) is 3. The first-order valence-electron chi connectivity index (χ1n) is 11.0. The summed E-state index contributed by atoms with van der Waals surface area (Å²) in [5.41, 5.74) is 0.800. The van der Waals surface area contributed by atoms with Crippen LogP contribution in [0.5, 0.6) is 0 Å². The Morgan fingerprint density at radius 1 is 1.22 bits per heavy atom. The number of carbonyl (C=O) groups is 1. The zero-order chi connectivity index (χ0) is 21.6. The Balaban J connectivity index is 0.00000289. The van der Waals surface area contributed by atoms with Crippen LogP contribution >= 0.6 is 35.6 Å². The van der Waals surface area contributed by atoms with E-state index in [0.717, 1.165) is 50.6 Å². The van der Waals surface area contributed by atoms with E-state index in [1.807, 2.05) is 19.1 Å². The number of aromatic nitrogens is 2. The SMILES string of the molecule is CCNC(=NCc1nc(-c2cccc(Cl)c2)no1)NC1CCCC(C(=O)NC2CC2)C1.I. The number of rotatable bonds is 7. The van der Waals surface area contributed by atoms with Gasteiger partial charge in [-0.1, -0.05) is 35.3 Å². The van der Waals surface area contributed by atoms with Crippen LogP contribution in [0, 0.1) is 5.92 Å². The summed E-state index contributed by atoms with van der Waals surface area (Å²) < 4.78 is 5.35. The second kappa shape index (κ2) is 11.8. The van der Waals surface area contributed by atoms with Crippen LogP contribution in [0.15, 0.2) is 33.8 Å². The summed E-state index contributed by atoms with van der Waals surface area (Å²) in [5, 5.41) is 14.5. The normalized spacial score (nSPS) is 20.9. The van der Waals surface area contributed by atoms with E-state index in [9.17, 15) is 4.79 Å². The highest BCUT2D eigenvalue weighted by Gasteiger charge is 2.31. The van der Waals surface area contributed by atoms with E-state index >= 15 is 0 Å². The number of carbonyl (C=O) groups excluding carboxylic acids is 1. The van der Waals surface area contributed by atoms with Gasteiger partial charge in [0.05, 0.1) is 0 Å². The zero-order valence-corrected chi connectivity index (χ0v) is 21.2. The van der Waals surface area contributed by atoms with Gasteiger partial charge in [-0.05, 0) is 51.2 Å². The Morgan fingerprint density at radius 3 is 2.81 bits per heavy atom. The van der Waals surface area contributed by atoms with Crippen LogP contribution in [0.4, 0.5) is 0 Å². The van der Waals surface area contributed by atoms with E-state index in [1.54, 1.807) is 12.1 Å². The second-order valence-electron chi connectivity index (χ2n) is 8.20. The Kier molecular flexibility index (Phi) is 9.15. The van der Waals surface area contributed by atoms with Gasteiger partial charge in [-0.15, -0.1) is 24.0 Å². The molecule has 2 aromatic rings. The molecule has 1 amide bonds. The van der Waals surface area contributed by atoms with Crippen molar-refractivity contribution in [2.75, 3.05) is 6.54 Å². The van der Waals surface area contributed by atoms with Crippen molar-refractivity contribution in [2.24, 2.45) is 10.9 Å². The first-order valence-corrected chi connectivity index (χ1v) is 11.4. The maximum Gasteiger partial charge on any atom is 0.248 e. The number of guanidine groups is 1. The fourth-order valence-corrected chi connectivity index (χ4v) is 4.02. The minimum absolute atomic E-state index is 0. The molecule has 1 aromatic carbocycles. The molecule has 2 atom stereocenters. The molecule has 0 spiro atoms. The molecule has 10 heteroatoms. The number of hydrogen-bond donors (Lipinski definition) is 3. The van der Waals surface area contributed by atoms with Gasteiger partial charge in [0, 0.05) is 35.1 Å². The van der Waals surface area contributed by atoms with Gasteiger partial charge in [0.1, 0.15) is 6.54 Å². The minimum atomic E-state index is 0. The van der Waals surface area contributed by atoms with Gasteiger partial charge in [0.2, 0.25) is 17.6 Å². The van der Waals surface area contributed by atoms with Gasteiger partial charge >= 0.3 is 0 Å². The monoisotopic (exact) mass is 572 g/mol. The molecule has 8 nitrogen and oxygen atoms in total. The predicted molar refractivity (Wildman–Crippen MR) is 135 cm³/mol. The van der Waals surface area contributed by atoms with Crippen molar-refractivity contribution in [2.45, 2.75) is 64.1 Å². The standard InChI is InChI=1S/C22H29ClN6O2.HI/c1-2-24-22(27-18-8-4-6-15(12-18)21(30)26-17-9-10-17)25-13-19-28-20(29-31-19)14-5-3-7-16(23)11-14;/h3,5,7,11,15,17-18H,2,4,6,8-10,12-13H2,1H3,(H,26,30)(H2,24,25,27);1H. The maximum absolute atomic E-state index is 12.4. The van der Waals surface area contributed by atoms with Crippen molar-refractivity contribution < 1.29 is 9.32 Å². The fourth-order valence-electron chi connectivity index (χ4n) is 3.83. The van der Waals surface area contributed by atoms with Crippen LogP contribution < -0.4 is 16.0 Å². The lowest BCUT2D eigenvalue weighted by atomic mass is 9.85. The summed E-state index contributed by atoms with van der Waals surface area (Å²) in [7, 11) is 0. The smallest absolute Gasteiger partial charge is 0.248 e. The molecule has 4 rings (SSSR count). The average Bonchev–Trinajstić information content (AvgIpc) is 3.45. The summed E-state index contributed by atoms with van der Waals surface area (Å²) >= 11 is 6.04. The van der Waals surface area contributed by atoms with Crippen LogP contribution in [-0.4, -0.2) is 40.6 Å². The molecule has 0 aliphatic heterocycles. The number of nitrogens with one attached hydrogen (secondary N) is 3. The van der Waals surface area contributed by atoms with Gasteiger partial charge in [-0.2, -0.15) is 4.98 Å². The molecule has 32 heavy (non-hydrogen) atoms. The van der Waals surface area contributed by atoms with E-state index in [4.69, 9.17) is 16.1 Å². The number of aliphatic imine (C=N–C) groups is 1. The van der Waals surface area contributed by atoms with Crippen LogP contribution in [0.3, 0.4) is 0 Å². The second-order valence-corrected chi connectivity index (χ2v) is 8.64. The van der Waals surface area contributed by atoms with Crippen molar-refractivity contribution in [3.8, 4) is 11.4 Å². The predicted octanol–water partition coefficient (Wildman–Crippen LogP) is 3.90. The Labute approximate surface area is 210 Å². The number of halogens is 2. The molecule has 1 heterocycles. The Morgan fingerprint density at radius 2 is 2.06 bits per heavy atom. The first kappa shape index (κ1) is 24.8. The quantitative estimate of drug-likeness (QED) is 0.264. The molecule has 0 radical (unpaired) electrons. The van der Waals surface area contributed by atoms with Crippen molar-refractivity contribution in [3.63, 3.8) is 0 Å². The molecule has 0 saturated heterocycles. The molecule has 2 unspecified atom stereocenters. The largest absolute Gasteiger partial charge is 0.357 e. The van der Waals surface area contributed by atoms with E-state index in [1.165, 1.54) is 0 Å². The lowest BCUT2D eigenvalue weighted by molar-refractivity contribution is -0.126. The Hall–Kier alpha value is -1.88. The van der Waals surface area contributed by atoms with Gasteiger partial charge in [0.15, 0.2) is 5.96 Å². The number of amides is 1. The van der Waals surface area contributed by atoms with Gasteiger partial charge in [0.25, 0.3) is 0 Å². The summed E-state index contributed by atoms with van der Waals surface area (Å²) in [6, 6.07) is 7.95. The fraction of sp³-hybridized carbons (Fsp3) is 0.545. The molecular formula is C22H30ClIN6O2. The third kappa shape index (κ3) is 7.06. The van der Waals surface area contributed by atoms with Crippen molar-refractivity contribution in [3.05, 3.63) is 35.2 Å². The van der Waals surface area contributed by atoms with E-state index < -0.39 is 0 Å². The molecule has 2 aliphatic carbocycles. The molecule has 3 N–H and O–H groups in total. The van der Waals surface area contributed by atoms with Gasteiger partial charge in [-0.25, -0.2) is 4.99 Å². The number of hydrogen-bond acceptors (Lipinski definition) is 5. The molecule has 1 aromatic heterocycles. The first-order chi connectivity index (χ1) is 15.1. The molecular weight excluding hydrogens is 543 g/mol. The lowest BCUT2D eigenvalue weighted by Crippen LogP contribution is -2.47. The van der Waals surface area contributed by atoms with E-state index in [-0.39, 0.29) is 48.4 Å². The molecule has 174 valence electrons. The van der Waals surface area contributed by atoms with Crippen molar-refractivity contribution >= 4 is 47.4 Å². The molecule has 2 aliphatic rings. The molecule has 2 fully saturated rings. The van der Waals surface area contributed by atoms with Gasteiger partial charge < -0.3 is 20.5 Å². The van der Waals surface area contributed by atoms with Crippen LogP contribution in [0.1, 0.15) is 51.3 Å². The van der Waals surface area contributed by atoms with Gasteiger partial charge in [-0.3, -0.25) is 4.79 Å². The molecule has 0 bridgehead atoms. The number of benzene rings is 1. The molecule has 2 saturated carbocycles. The topological polar surface area (TPSA) is 104 Å². The highest BCUT2D eigenvalue weighted by Crippen LogP contribution is 2.27. The minimum Gasteiger partial charge on any atom is -0.357 e.